The first-order chi connectivity index (χ1) is 13.5. The molecule has 0 unspecified atom stereocenters. The van der Waals surface area contributed by atoms with Gasteiger partial charge in [-0.15, -0.1) is 0 Å². The Bertz CT molecular complexity index is 923. The quantitative estimate of drug-likeness (QED) is 0.385. The number of allylic oxidation sites excluding steroid dienone is 1. The minimum Gasteiger partial charge on any atom is -0.370 e. The van der Waals surface area contributed by atoms with Gasteiger partial charge in [0.2, 0.25) is 0 Å². The Kier molecular flexibility index (Phi) is 6.60. The fraction of sp³-hybridized carbons (Fsp3) is 0.381. The standard InChI is InChI=1S/C21H28N6O/c1-15-4-2-5-19-17(12-15)14-27(21(28)26-19)18-8-6-16(7-9-18)13-24-10-3-11-25-20(22)23/h6-9,12,14,24H,2-5,10-11,13H2,1H3,(H4,22,23,25). The van der Waals surface area contributed by atoms with E-state index >= 15 is 0 Å². The second-order valence-electron chi connectivity index (χ2n) is 7.14. The molecule has 1 heterocycles. The molecule has 7 nitrogen and oxygen atoms in total. The Hall–Kier alpha value is -2.93. The van der Waals surface area contributed by atoms with E-state index in [1.807, 2.05) is 30.5 Å². The minimum absolute atomic E-state index is 0.128. The lowest BCUT2D eigenvalue weighted by Gasteiger charge is -2.10. The van der Waals surface area contributed by atoms with Crippen molar-refractivity contribution in [1.29, 1.82) is 0 Å². The Morgan fingerprint density at radius 1 is 1.25 bits per heavy atom. The zero-order chi connectivity index (χ0) is 19.9. The summed E-state index contributed by atoms with van der Waals surface area (Å²) in [5.74, 6) is 0.128. The summed E-state index contributed by atoms with van der Waals surface area (Å²) >= 11 is 0. The highest BCUT2D eigenvalue weighted by Gasteiger charge is 2.12. The van der Waals surface area contributed by atoms with Crippen molar-refractivity contribution in [3.8, 4) is 5.69 Å². The molecule has 0 aliphatic heterocycles. The summed E-state index contributed by atoms with van der Waals surface area (Å²) in [5, 5.41) is 3.36. The van der Waals surface area contributed by atoms with Crippen molar-refractivity contribution in [1.82, 2.24) is 14.9 Å². The number of benzene rings is 1. The fourth-order valence-corrected chi connectivity index (χ4v) is 3.30. The average molecular weight is 380 g/mol. The highest BCUT2D eigenvalue weighted by Crippen LogP contribution is 2.21. The van der Waals surface area contributed by atoms with Gasteiger partial charge in [-0.2, -0.15) is 4.98 Å². The highest BCUT2D eigenvalue weighted by atomic mass is 16.1. The Morgan fingerprint density at radius 2 is 2.04 bits per heavy atom. The number of fused-ring (bicyclic) bond motifs is 1. The third-order valence-corrected chi connectivity index (χ3v) is 4.77. The van der Waals surface area contributed by atoms with Gasteiger partial charge in [0.15, 0.2) is 5.96 Å². The van der Waals surface area contributed by atoms with Gasteiger partial charge in [0, 0.05) is 24.8 Å². The molecule has 28 heavy (non-hydrogen) atoms. The molecule has 0 bridgehead atoms. The molecule has 7 heteroatoms. The lowest BCUT2D eigenvalue weighted by molar-refractivity contribution is 0.655. The first kappa shape index (κ1) is 19.8. The summed E-state index contributed by atoms with van der Waals surface area (Å²) in [5.41, 5.74) is 15.6. The van der Waals surface area contributed by atoms with Crippen LogP contribution in [-0.2, 0) is 13.0 Å². The summed E-state index contributed by atoms with van der Waals surface area (Å²) < 4.78 is 1.63. The predicted octanol–water partition coefficient (Wildman–Crippen LogP) is 1.73. The second kappa shape index (κ2) is 9.32. The lowest BCUT2D eigenvalue weighted by Crippen LogP contribution is -2.24. The number of aryl methyl sites for hydroxylation is 1. The highest BCUT2D eigenvalue weighted by molar-refractivity contribution is 5.75. The van der Waals surface area contributed by atoms with Crippen molar-refractivity contribution in [2.75, 3.05) is 13.1 Å². The average Bonchev–Trinajstić information content (AvgIpc) is 2.84. The van der Waals surface area contributed by atoms with Crippen molar-refractivity contribution < 1.29 is 0 Å². The molecule has 1 aliphatic carbocycles. The summed E-state index contributed by atoms with van der Waals surface area (Å²) in [6.07, 6.45) is 7.88. The summed E-state index contributed by atoms with van der Waals surface area (Å²) in [4.78, 5) is 20.8. The van der Waals surface area contributed by atoms with Crippen molar-refractivity contribution in [3.63, 3.8) is 0 Å². The van der Waals surface area contributed by atoms with Crippen molar-refractivity contribution in [2.45, 2.75) is 39.2 Å². The molecular formula is C21H28N6O. The first-order valence-corrected chi connectivity index (χ1v) is 9.68. The molecule has 2 aromatic rings. The van der Waals surface area contributed by atoms with Crippen LogP contribution in [0, 0.1) is 0 Å². The number of aliphatic imine (C=N–C) groups is 1. The van der Waals surface area contributed by atoms with Gasteiger partial charge in [0.05, 0.1) is 11.4 Å². The number of nitrogens with two attached hydrogens (primary N) is 2. The number of nitrogens with zero attached hydrogens (tertiary/aromatic N) is 3. The van der Waals surface area contributed by atoms with Crippen LogP contribution in [0.4, 0.5) is 0 Å². The van der Waals surface area contributed by atoms with E-state index in [1.165, 1.54) is 5.57 Å². The number of hydrogen-bond donors (Lipinski definition) is 3. The van der Waals surface area contributed by atoms with Crippen LogP contribution in [-0.4, -0.2) is 28.6 Å². The second-order valence-corrected chi connectivity index (χ2v) is 7.14. The molecule has 0 atom stereocenters. The topological polar surface area (TPSA) is 111 Å². The Labute approximate surface area is 165 Å². The van der Waals surface area contributed by atoms with Crippen LogP contribution in [0.5, 0.6) is 0 Å². The van der Waals surface area contributed by atoms with E-state index in [2.05, 4.69) is 28.3 Å². The minimum atomic E-state index is -0.225. The molecule has 0 fully saturated rings. The van der Waals surface area contributed by atoms with Gasteiger partial charge in [0.25, 0.3) is 0 Å². The van der Waals surface area contributed by atoms with E-state index < -0.39 is 0 Å². The smallest absolute Gasteiger partial charge is 0.352 e. The molecule has 1 aliphatic rings. The number of nitrogens with one attached hydrogen (secondary N) is 1. The molecule has 0 amide bonds. The van der Waals surface area contributed by atoms with E-state index in [-0.39, 0.29) is 11.6 Å². The zero-order valence-corrected chi connectivity index (χ0v) is 16.3. The maximum absolute atomic E-state index is 12.5. The first-order valence-electron chi connectivity index (χ1n) is 9.68. The molecule has 148 valence electrons. The molecule has 1 aromatic carbocycles. The summed E-state index contributed by atoms with van der Waals surface area (Å²) in [6.45, 7) is 4.33. The SMILES string of the molecule is CC1=Cc2cn(-c3ccc(CNCCCN=C(N)N)cc3)c(=O)nc2CCC1. The Balaban J connectivity index is 1.66. The number of guanidine groups is 1. The third kappa shape index (κ3) is 5.29. The van der Waals surface area contributed by atoms with E-state index in [4.69, 9.17) is 11.5 Å². The zero-order valence-electron chi connectivity index (χ0n) is 16.3. The van der Waals surface area contributed by atoms with Crippen LogP contribution in [0.3, 0.4) is 0 Å². The maximum Gasteiger partial charge on any atom is 0.352 e. The van der Waals surface area contributed by atoms with Crippen LogP contribution in [0.25, 0.3) is 11.8 Å². The molecule has 5 N–H and O–H groups in total. The molecule has 1 aromatic heterocycles. The van der Waals surface area contributed by atoms with Crippen molar-refractivity contribution in [3.05, 3.63) is 63.3 Å². The van der Waals surface area contributed by atoms with Crippen molar-refractivity contribution in [2.24, 2.45) is 16.5 Å². The van der Waals surface area contributed by atoms with Crippen LogP contribution in [0.1, 0.15) is 43.0 Å². The van der Waals surface area contributed by atoms with Crippen LogP contribution < -0.4 is 22.5 Å². The number of rotatable bonds is 7. The number of aromatic nitrogens is 2. The fourth-order valence-electron chi connectivity index (χ4n) is 3.30. The van der Waals surface area contributed by atoms with E-state index in [0.717, 1.165) is 61.3 Å². The molecule has 0 radical (unpaired) electrons. The van der Waals surface area contributed by atoms with Gasteiger partial charge in [-0.25, -0.2) is 4.79 Å². The van der Waals surface area contributed by atoms with Gasteiger partial charge < -0.3 is 16.8 Å². The third-order valence-electron chi connectivity index (χ3n) is 4.77. The van der Waals surface area contributed by atoms with Gasteiger partial charge in [-0.05, 0) is 56.8 Å². The van der Waals surface area contributed by atoms with Crippen LogP contribution in [0.2, 0.25) is 0 Å². The van der Waals surface area contributed by atoms with Crippen LogP contribution in [0.15, 0.2) is 45.8 Å². The normalized spacial score (nSPS) is 13.4. The molecule has 3 rings (SSSR count). The number of hydrogen-bond acceptors (Lipinski definition) is 4. The summed E-state index contributed by atoms with van der Waals surface area (Å²) in [6, 6.07) is 7.97. The molecule has 0 spiro atoms. The molecule has 0 saturated heterocycles. The van der Waals surface area contributed by atoms with Gasteiger partial charge >= 0.3 is 5.69 Å². The molecular weight excluding hydrogens is 352 g/mol. The Morgan fingerprint density at radius 3 is 2.79 bits per heavy atom. The van der Waals surface area contributed by atoms with Crippen LogP contribution >= 0.6 is 0 Å². The monoisotopic (exact) mass is 380 g/mol. The van der Waals surface area contributed by atoms with Gasteiger partial charge in [0.1, 0.15) is 0 Å². The van der Waals surface area contributed by atoms with Crippen molar-refractivity contribution >= 4 is 12.0 Å². The van der Waals surface area contributed by atoms with Gasteiger partial charge in [-0.1, -0.05) is 23.8 Å². The maximum atomic E-state index is 12.5. The lowest BCUT2D eigenvalue weighted by atomic mass is 10.1. The van der Waals surface area contributed by atoms with E-state index in [1.54, 1.807) is 4.57 Å². The predicted molar refractivity (Wildman–Crippen MR) is 113 cm³/mol. The van der Waals surface area contributed by atoms with E-state index in [9.17, 15) is 4.79 Å². The van der Waals surface area contributed by atoms with Gasteiger partial charge in [-0.3, -0.25) is 9.56 Å². The summed E-state index contributed by atoms with van der Waals surface area (Å²) in [7, 11) is 0. The molecule has 0 saturated carbocycles. The van der Waals surface area contributed by atoms with E-state index in [0.29, 0.717) is 6.54 Å². The largest absolute Gasteiger partial charge is 0.370 e.